The van der Waals surface area contributed by atoms with Crippen LogP contribution < -0.4 is 111 Å². The molecule has 0 aliphatic carbocycles. The maximum Gasteiger partial charge on any atom is 0.326 e. The van der Waals surface area contributed by atoms with E-state index in [0.29, 0.717) is 5.56 Å². The van der Waals surface area contributed by atoms with Gasteiger partial charge in [0.25, 0.3) is 0 Å². The number of aromatic amines is 1. The number of rotatable bonds is 48. The minimum Gasteiger partial charge on any atom is -0.480 e. The first kappa shape index (κ1) is 85.9. The lowest BCUT2D eigenvalue weighted by atomic mass is 9.95. The van der Waals surface area contributed by atoms with Crippen LogP contribution in [0.5, 0.6) is 0 Å². The second kappa shape index (κ2) is 44.7. The number of aliphatic imine (C=N–C) groups is 4. The van der Waals surface area contributed by atoms with Crippen LogP contribution in [0, 0.1) is 11.8 Å². The predicted molar refractivity (Wildman–Crippen MR) is 386 cm³/mol. The van der Waals surface area contributed by atoms with Crippen molar-refractivity contribution in [1.29, 1.82) is 0 Å². The van der Waals surface area contributed by atoms with Crippen molar-refractivity contribution in [2.75, 3.05) is 26.2 Å². The summed E-state index contributed by atoms with van der Waals surface area (Å²) in [4.78, 5) is 186. The van der Waals surface area contributed by atoms with E-state index in [-0.39, 0.29) is 127 Å². The quantitative estimate of drug-likeness (QED) is 0.0142. The molecule has 0 aliphatic heterocycles. The van der Waals surface area contributed by atoms with Crippen molar-refractivity contribution in [3.05, 3.63) is 71.9 Å². The third-order valence-corrected chi connectivity index (χ3v) is 16.6. The second-order valence-electron chi connectivity index (χ2n) is 24.8. The summed E-state index contributed by atoms with van der Waals surface area (Å²) in [6.07, 6.45) is -0.0472. The highest BCUT2D eigenvalue weighted by Gasteiger charge is 2.38. The number of nitrogens with one attached hydrogen (secondary N) is 10. The molecule has 568 valence electrons. The Morgan fingerprint density at radius 3 is 1.19 bits per heavy atom. The lowest BCUT2D eigenvalue weighted by Crippen LogP contribution is -2.62. The average molecular weight is 1440 g/mol. The highest BCUT2D eigenvalue weighted by atomic mass is 16.4. The number of H-pyrrole nitrogens is 1. The number of nitrogens with zero attached hydrogens (tertiary/aromatic N) is 4. The highest BCUT2D eigenvalue weighted by molar-refractivity contribution is 6.00. The molecule has 0 spiro atoms. The number of amides is 11. The van der Waals surface area contributed by atoms with Gasteiger partial charge in [-0.15, -0.1) is 0 Å². The molecule has 12 atom stereocenters. The summed E-state index contributed by atoms with van der Waals surface area (Å²) < 4.78 is 0. The zero-order chi connectivity index (χ0) is 76.9. The van der Waals surface area contributed by atoms with Gasteiger partial charge < -0.3 is 121 Å². The zero-order valence-corrected chi connectivity index (χ0v) is 58.6. The van der Waals surface area contributed by atoms with E-state index in [1.54, 1.807) is 88.5 Å². The molecule has 103 heavy (non-hydrogen) atoms. The van der Waals surface area contributed by atoms with Gasteiger partial charge in [0.05, 0.1) is 12.5 Å². The van der Waals surface area contributed by atoms with Gasteiger partial charge in [-0.1, -0.05) is 89.1 Å². The molecule has 1 heterocycles. The molecule has 0 unspecified atom stereocenters. The predicted octanol–water partition coefficient (Wildman–Crippen LogP) is -5.82. The molecule has 3 rings (SSSR count). The molecule has 2 aromatic carbocycles. The zero-order valence-electron chi connectivity index (χ0n) is 58.6. The first-order chi connectivity index (χ1) is 48.7. The molecule has 38 heteroatoms. The Labute approximate surface area is 596 Å². The summed E-state index contributed by atoms with van der Waals surface area (Å²) in [5, 5.41) is 34.0. The Bertz CT molecular complexity index is 3460. The van der Waals surface area contributed by atoms with Crippen molar-refractivity contribution >= 4 is 106 Å². The molecule has 38 nitrogen and oxygen atoms in total. The van der Waals surface area contributed by atoms with E-state index in [4.69, 9.17) is 63.1 Å². The van der Waals surface area contributed by atoms with Crippen LogP contribution in [-0.2, 0) is 70.4 Å². The minimum absolute atomic E-state index is 0.0113. The number of carboxylic acids is 1. The van der Waals surface area contributed by atoms with E-state index in [2.05, 4.69) is 72.8 Å². The standard InChI is InChI=1S/C65H105N25O13/c1-5-34(3)50(59(100)84-42(21-13-27-78-63(71)72)53(94)86-45(61(102)103)23-15-29-80-65(75)76)89-56(97)43(22-14-28-79-64(73)74)85-60(101)51(35(4)6-2)90-58(99)47(32-49(68)92)88-54(95)41(20-12-26-77-62(69)70)82-55(96)44(24-25-48(67)91)83-57(98)46(31-37-33-81-40-19-11-10-18-38(37)40)87-52(93)39(66)30-36-16-8-7-9-17-36/h7-11,16-19,33-35,39,41-47,50-51,81H,5-6,12-15,20-32,66H2,1-4H3,(H2,67,91)(H2,68,92)(H,82,96)(H,83,98)(H,84,100)(H,85,101)(H,86,94)(H,87,93)(H,88,95)(H,89,97)(H,90,99)(H,102,103)(H4,69,70,77)(H4,71,72,78)(H4,73,74,79)(H4,75,76,80)/t34-,35-,39-,41-,42-,43-,44-,45-,46-,47-,50-,51-/m0/s1. The molecule has 1 aromatic heterocycles. The number of aliphatic carboxylic acids is 1. The van der Waals surface area contributed by atoms with Gasteiger partial charge in [0, 0.05) is 56.1 Å². The Morgan fingerprint density at radius 1 is 0.417 bits per heavy atom. The number of aromatic nitrogens is 1. The lowest BCUT2D eigenvalue weighted by Gasteiger charge is -2.30. The normalized spacial score (nSPS) is 14.5. The summed E-state index contributed by atoms with van der Waals surface area (Å²) in [6.45, 7) is 6.53. The van der Waals surface area contributed by atoms with Crippen LogP contribution in [0.2, 0.25) is 0 Å². The van der Waals surface area contributed by atoms with E-state index in [9.17, 15) is 62.6 Å². The molecule has 0 bridgehead atoms. The van der Waals surface area contributed by atoms with Gasteiger partial charge in [-0.2, -0.15) is 0 Å². The topological polar surface area (TPSA) is 685 Å². The SMILES string of the molecule is CC[C@H](C)[C@H](NC(=O)[C@H](CCCN=C(N)N)NC(=O)[C@@H](NC(=O)[C@H](CC(N)=O)NC(=O)[C@H](CCCN=C(N)N)NC(=O)[C@H](CCC(N)=O)NC(=O)[C@H](Cc1c[nH]c2ccccc12)NC(=O)[C@@H](N)Cc1ccccc1)[C@@H](C)CC)C(=O)N[C@@H](CCCN=C(N)N)C(=O)N[C@@H](CCCN=C(N)N)C(=O)O. The number of nitrogens with two attached hydrogens (primary N) is 11. The molecule has 11 amide bonds. The number of carbonyl (C=O) groups excluding carboxylic acids is 11. The number of para-hydroxylation sites is 1. The second-order valence-corrected chi connectivity index (χ2v) is 24.8. The van der Waals surface area contributed by atoms with Crippen LogP contribution in [0.1, 0.15) is 122 Å². The molecular formula is C65H105N25O13. The largest absolute Gasteiger partial charge is 0.480 e. The van der Waals surface area contributed by atoms with Crippen molar-refractivity contribution in [2.45, 2.75) is 184 Å². The highest BCUT2D eigenvalue weighted by Crippen LogP contribution is 2.21. The fourth-order valence-corrected chi connectivity index (χ4v) is 10.5. The van der Waals surface area contributed by atoms with Crippen LogP contribution >= 0.6 is 0 Å². The smallest absolute Gasteiger partial charge is 0.326 e. The number of fused-ring (bicyclic) bond motifs is 1. The first-order valence-corrected chi connectivity index (χ1v) is 33.8. The van der Waals surface area contributed by atoms with E-state index < -0.39 is 162 Å². The number of benzene rings is 2. The summed E-state index contributed by atoms with van der Waals surface area (Å²) in [7, 11) is 0. The van der Waals surface area contributed by atoms with Gasteiger partial charge in [-0.05, 0) is 93.2 Å². The van der Waals surface area contributed by atoms with Crippen molar-refractivity contribution in [2.24, 2.45) is 94.9 Å². The number of guanidine groups is 4. The Balaban J connectivity index is 2.01. The summed E-state index contributed by atoms with van der Waals surface area (Å²) >= 11 is 0. The van der Waals surface area contributed by atoms with Gasteiger partial charge in [0.2, 0.25) is 65.0 Å². The molecule has 33 N–H and O–H groups in total. The fraction of sp³-hybridized carbons (Fsp3) is 0.538. The van der Waals surface area contributed by atoms with Gasteiger partial charge in [0.15, 0.2) is 23.8 Å². The van der Waals surface area contributed by atoms with E-state index in [0.717, 1.165) is 16.5 Å². The van der Waals surface area contributed by atoms with Gasteiger partial charge in [-0.3, -0.25) is 72.7 Å². The summed E-state index contributed by atoms with van der Waals surface area (Å²) in [5.74, 6) is -14.4. The third kappa shape index (κ3) is 31.8. The monoisotopic (exact) mass is 1440 g/mol. The first-order valence-electron chi connectivity index (χ1n) is 33.8. The van der Waals surface area contributed by atoms with Gasteiger partial charge >= 0.3 is 5.97 Å². The third-order valence-electron chi connectivity index (χ3n) is 16.6. The maximum atomic E-state index is 14.7. The van der Waals surface area contributed by atoms with Crippen LogP contribution in [0.15, 0.2) is 80.8 Å². The Morgan fingerprint density at radius 2 is 0.777 bits per heavy atom. The van der Waals surface area contributed by atoms with Crippen molar-refractivity contribution < 1.29 is 62.6 Å². The molecule has 0 aliphatic rings. The minimum atomic E-state index is -1.87. The lowest BCUT2D eigenvalue weighted by molar-refractivity contribution is -0.142. The number of hydrogen-bond donors (Lipinski definition) is 22. The average Bonchev–Trinajstić information content (AvgIpc) is 1.60. The number of carbonyl (C=O) groups is 12. The summed E-state index contributed by atoms with van der Waals surface area (Å²) in [6, 6.07) is 1.11. The van der Waals surface area contributed by atoms with E-state index in [1.807, 2.05) is 0 Å². The molecule has 0 saturated carbocycles. The van der Waals surface area contributed by atoms with Crippen LogP contribution in [0.3, 0.4) is 0 Å². The number of carboxylic acid groups (broad SMARTS) is 1. The number of hydrogen-bond acceptors (Lipinski definition) is 17. The fourth-order valence-electron chi connectivity index (χ4n) is 10.5. The molecule has 3 aromatic rings. The Kier molecular flexibility index (Phi) is 37.3. The molecular weight excluding hydrogens is 1340 g/mol. The van der Waals surface area contributed by atoms with Gasteiger partial charge in [0.1, 0.15) is 54.4 Å². The van der Waals surface area contributed by atoms with Crippen molar-refractivity contribution in [3.63, 3.8) is 0 Å². The van der Waals surface area contributed by atoms with Crippen LogP contribution in [0.25, 0.3) is 10.9 Å². The van der Waals surface area contributed by atoms with Crippen LogP contribution in [0.4, 0.5) is 0 Å². The van der Waals surface area contributed by atoms with Crippen molar-refractivity contribution in [1.82, 2.24) is 52.8 Å². The number of primary amides is 2. The Hall–Kier alpha value is -11.3. The van der Waals surface area contributed by atoms with E-state index in [1.165, 1.54) is 0 Å². The van der Waals surface area contributed by atoms with Crippen molar-refractivity contribution in [3.8, 4) is 0 Å². The molecule has 0 saturated heterocycles. The van der Waals surface area contributed by atoms with Crippen LogP contribution in [-0.4, -0.2) is 191 Å². The van der Waals surface area contributed by atoms with E-state index >= 15 is 0 Å². The molecule has 0 radical (unpaired) electrons. The molecule has 0 fully saturated rings. The van der Waals surface area contributed by atoms with Gasteiger partial charge in [-0.25, -0.2) is 4.79 Å². The summed E-state index contributed by atoms with van der Waals surface area (Å²) in [5.41, 5.74) is 63.7. The maximum absolute atomic E-state index is 14.7.